The number of carbonyl (C=O) groups excluding carboxylic acids is 1. The summed E-state index contributed by atoms with van der Waals surface area (Å²) in [6.45, 7) is 0. The fraction of sp³-hybridized carbons (Fsp3) is 0.333. The highest BCUT2D eigenvalue weighted by Crippen LogP contribution is 2.31. The van der Waals surface area contributed by atoms with Crippen LogP contribution in [-0.4, -0.2) is 23.0 Å². The normalized spacial score (nSPS) is 10.1. The van der Waals surface area contributed by atoms with Gasteiger partial charge in [-0.05, 0) is 24.6 Å². The Morgan fingerprint density at radius 1 is 1.54 bits per heavy atom. The molecule has 0 spiro atoms. The molecule has 1 aromatic heterocycles. The zero-order valence-corrected chi connectivity index (χ0v) is 9.08. The highest BCUT2D eigenvalue weighted by atomic mass is 32.2. The van der Waals surface area contributed by atoms with Crippen LogP contribution in [0.15, 0.2) is 22.8 Å². The van der Waals surface area contributed by atoms with E-state index in [0.29, 0.717) is 11.3 Å². The molecule has 1 aromatic rings. The van der Waals surface area contributed by atoms with Crippen LogP contribution in [0.5, 0.6) is 0 Å². The van der Waals surface area contributed by atoms with Gasteiger partial charge in [0.25, 0.3) is 0 Å². The second-order valence-corrected chi connectivity index (χ2v) is 4.48. The van der Waals surface area contributed by atoms with Crippen LogP contribution in [0.3, 0.4) is 0 Å². The van der Waals surface area contributed by atoms with E-state index in [-0.39, 0.29) is 4.58 Å². The average Bonchev–Trinajstić information content (AvgIpc) is 2.66. The van der Waals surface area contributed by atoms with E-state index in [1.165, 1.54) is 0 Å². The zero-order chi connectivity index (χ0) is 9.68. The van der Waals surface area contributed by atoms with E-state index >= 15 is 0 Å². The van der Waals surface area contributed by atoms with Gasteiger partial charge in [0.05, 0.1) is 10.8 Å². The Balaban J connectivity index is 2.93. The van der Waals surface area contributed by atoms with Gasteiger partial charge in [0.15, 0.2) is 0 Å². The van der Waals surface area contributed by atoms with Gasteiger partial charge < -0.3 is 4.42 Å². The summed E-state index contributed by atoms with van der Waals surface area (Å²) in [5.41, 5.74) is 0.588. The molecule has 4 heteroatoms. The average molecular weight is 214 g/mol. The Bertz CT molecular complexity index is 295. The Hall–Kier alpha value is -0.570. The van der Waals surface area contributed by atoms with Crippen LogP contribution >= 0.6 is 23.5 Å². The molecule has 0 saturated carbocycles. The first kappa shape index (κ1) is 10.5. The van der Waals surface area contributed by atoms with Crippen molar-refractivity contribution in [1.82, 2.24) is 0 Å². The molecular formula is C9H10O2S2. The minimum atomic E-state index is 0.101. The van der Waals surface area contributed by atoms with E-state index in [2.05, 4.69) is 0 Å². The molecule has 0 aliphatic rings. The lowest BCUT2D eigenvalue weighted by molar-refractivity contribution is 0.548. The van der Waals surface area contributed by atoms with Crippen molar-refractivity contribution in [3.8, 4) is 0 Å². The van der Waals surface area contributed by atoms with Gasteiger partial charge in [-0.1, -0.05) is 0 Å². The number of thioether (sulfide) groups is 2. The van der Waals surface area contributed by atoms with Crippen molar-refractivity contribution in [2.75, 3.05) is 12.5 Å². The summed E-state index contributed by atoms with van der Waals surface area (Å²) in [4.78, 5) is 10.7. The van der Waals surface area contributed by atoms with Gasteiger partial charge >= 0.3 is 0 Å². The first-order valence-electron chi connectivity index (χ1n) is 3.68. The van der Waals surface area contributed by atoms with Gasteiger partial charge in [0.2, 0.25) is 0 Å². The molecule has 0 N–H and O–H groups in total. The maximum Gasteiger partial charge on any atom is 0.142 e. The van der Waals surface area contributed by atoms with Crippen LogP contribution in [0.1, 0.15) is 5.76 Å². The molecule has 2 nitrogen and oxygen atoms in total. The molecule has 0 atom stereocenters. The van der Waals surface area contributed by atoms with Crippen molar-refractivity contribution in [2.45, 2.75) is 4.58 Å². The van der Waals surface area contributed by atoms with Crippen molar-refractivity contribution in [3.05, 3.63) is 24.2 Å². The molecule has 70 valence electrons. The van der Waals surface area contributed by atoms with Crippen molar-refractivity contribution >= 4 is 35.0 Å². The molecule has 0 unspecified atom stereocenters. The van der Waals surface area contributed by atoms with Gasteiger partial charge in [-0.25, -0.2) is 4.79 Å². The van der Waals surface area contributed by atoms with Crippen LogP contribution in [0.4, 0.5) is 0 Å². The SMILES string of the molecule is CSC(SC)C(=C=O)c1ccco1. The van der Waals surface area contributed by atoms with Crippen molar-refractivity contribution in [3.63, 3.8) is 0 Å². The lowest BCUT2D eigenvalue weighted by Gasteiger charge is -2.09. The largest absolute Gasteiger partial charge is 0.464 e. The maximum absolute atomic E-state index is 10.7. The van der Waals surface area contributed by atoms with Crippen LogP contribution in [0.25, 0.3) is 5.57 Å². The fourth-order valence-corrected chi connectivity index (χ4v) is 2.55. The van der Waals surface area contributed by atoms with E-state index in [1.54, 1.807) is 41.9 Å². The van der Waals surface area contributed by atoms with Gasteiger partial charge in [-0.3, -0.25) is 0 Å². The number of furan rings is 1. The smallest absolute Gasteiger partial charge is 0.142 e. The topological polar surface area (TPSA) is 30.2 Å². The van der Waals surface area contributed by atoms with Crippen molar-refractivity contribution < 1.29 is 9.21 Å². The molecule has 0 amide bonds. The molecule has 0 aliphatic heterocycles. The molecule has 0 aromatic carbocycles. The third-order valence-corrected chi connectivity index (χ3v) is 4.04. The summed E-state index contributed by atoms with van der Waals surface area (Å²) >= 11 is 3.21. The highest BCUT2D eigenvalue weighted by molar-refractivity contribution is 8.17. The zero-order valence-electron chi connectivity index (χ0n) is 7.44. The van der Waals surface area contributed by atoms with Gasteiger partial charge in [-0.15, -0.1) is 23.5 Å². The van der Waals surface area contributed by atoms with E-state index in [9.17, 15) is 4.79 Å². The van der Waals surface area contributed by atoms with Crippen LogP contribution in [0.2, 0.25) is 0 Å². The Labute approximate surface area is 85.8 Å². The number of hydrogen-bond acceptors (Lipinski definition) is 4. The monoisotopic (exact) mass is 214 g/mol. The minimum Gasteiger partial charge on any atom is -0.464 e. The molecule has 13 heavy (non-hydrogen) atoms. The Morgan fingerprint density at radius 3 is 2.62 bits per heavy atom. The van der Waals surface area contributed by atoms with Crippen LogP contribution in [0, 0.1) is 0 Å². The minimum absolute atomic E-state index is 0.101. The lowest BCUT2D eigenvalue weighted by Crippen LogP contribution is -1.99. The summed E-state index contributed by atoms with van der Waals surface area (Å²) < 4.78 is 5.25. The Morgan fingerprint density at radius 2 is 2.23 bits per heavy atom. The van der Waals surface area contributed by atoms with E-state index in [1.807, 2.05) is 18.5 Å². The molecule has 0 aliphatic carbocycles. The predicted octanol–water partition coefficient (Wildman–Crippen LogP) is 2.55. The molecule has 0 radical (unpaired) electrons. The van der Waals surface area contributed by atoms with E-state index in [4.69, 9.17) is 4.42 Å². The second-order valence-electron chi connectivity index (χ2n) is 2.30. The quantitative estimate of drug-likeness (QED) is 0.569. The second kappa shape index (κ2) is 5.22. The molecule has 1 rings (SSSR count). The molecule has 1 heterocycles. The molecule has 0 saturated heterocycles. The summed E-state index contributed by atoms with van der Waals surface area (Å²) in [6.07, 6.45) is 5.48. The summed E-state index contributed by atoms with van der Waals surface area (Å²) in [5.74, 6) is 2.55. The van der Waals surface area contributed by atoms with Gasteiger partial charge in [0, 0.05) is 0 Å². The number of hydrogen-bond donors (Lipinski definition) is 0. The molecular weight excluding hydrogens is 204 g/mol. The standard InChI is InChI=1S/C9H10O2S2/c1-12-9(13-2)7(6-10)8-4-3-5-11-8/h3-5,9H,1-2H3. The van der Waals surface area contributed by atoms with Gasteiger partial charge in [-0.2, -0.15) is 0 Å². The predicted molar refractivity (Wildman–Crippen MR) is 58.6 cm³/mol. The first-order valence-corrected chi connectivity index (χ1v) is 6.25. The maximum atomic E-state index is 10.7. The lowest BCUT2D eigenvalue weighted by atomic mass is 10.2. The van der Waals surface area contributed by atoms with Crippen molar-refractivity contribution in [1.29, 1.82) is 0 Å². The Kier molecular flexibility index (Phi) is 4.22. The number of rotatable bonds is 4. The summed E-state index contributed by atoms with van der Waals surface area (Å²) in [7, 11) is 0. The van der Waals surface area contributed by atoms with Crippen LogP contribution in [-0.2, 0) is 4.79 Å². The van der Waals surface area contributed by atoms with Crippen molar-refractivity contribution in [2.24, 2.45) is 0 Å². The third kappa shape index (κ3) is 2.44. The highest BCUT2D eigenvalue weighted by Gasteiger charge is 2.16. The molecule has 0 bridgehead atoms. The third-order valence-electron chi connectivity index (χ3n) is 1.56. The first-order chi connectivity index (χ1) is 6.33. The van der Waals surface area contributed by atoms with Gasteiger partial charge in [0.1, 0.15) is 17.3 Å². The van der Waals surface area contributed by atoms with Crippen LogP contribution < -0.4 is 0 Å². The molecule has 0 fully saturated rings. The summed E-state index contributed by atoms with van der Waals surface area (Å²) in [5, 5.41) is 0. The fourth-order valence-electron chi connectivity index (χ4n) is 0.978. The van der Waals surface area contributed by atoms with E-state index < -0.39 is 0 Å². The summed E-state index contributed by atoms with van der Waals surface area (Å²) in [6, 6.07) is 3.55. The van der Waals surface area contributed by atoms with E-state index in [0.717, 1.165) is 0 Å².